The summed E-state index contributed by atoms with van der Waals surface area (Å²) >= 11 is 7.55. The molecule has 8 heteroatoms. The molecule has 0 aliphatic carbocycles. The van der Waals surface area contributed by atoms with Crippen molar-refractivity contribution in [2.24, 2.45) is 0 Å². The minimum atomic E-state index is -0.312. The van der Waals surface area contributed by atoms with Crippen molar-refractivity contribution in [1.29, 1.82) is 0 Å². The molecule has 4 rings (SSSR count). The molecule has 0 amide bonds. The summed E-state index contributed by atoms with van der Waals surface area (Å²) in [6.07, 6.45) is 3.67. The van der Waals surface area contributed by atoms with Gasteiger partial charge in [0.15, 0.2) is 0 Å². The van der Waals surface area contributed by atoms with Crippen molar-refractivity contribution in [2.75, 3.05) is 6.26 Å². The van der Waals surface area contributed by atoms with Crippen molar-refractivity contribution >= 4 is 34.4 Å². The van der Waals surface area contributed by atoms with Crippen LogP contribution in [0, 0.1) is 0 Å². The molecular weight excluding hydrogens is 358 g/mol. The molecule has 0 bridgehead atoms. The van der Waals surface area contributed by atoms with Gasteiger partial charge in [-0.1, -0.05) is 11.6 Å². The second-order valence-corrected chi connectivity index (χ2v) is 6.59. The Labute approximate surface area is 151 Å². The van der Waals surface area contributed by atoms with E-state index in [0.29, 0.717) is 22.1 Å². The molecule has 0 fully saturated rings. The molecule has 0 unspecified atom stereocenters. The van der Waals surface area contributed by atoms with Crippen molar-refractivity contribution in [3.05, 3.63) is 58.0 Å². The van der Waals surface area contributed by atoms with Crippen LogP contribution in [-0.4, -0.2) is 31.4 Å². The molecule has 3 heterocycles. The molecule has 0 saturated carbocycles. The Morgan fingerprint density at radius 1 is 1.16 bits per heavy atom. The van der Waals surface area contributed by atoms with E-state index >= 15 is 0 Å². The van der Waals surface area contributed by atoms with Crippen molar-refractivity contribution in [2.45, 2.75) is 5.03 Å². The van der Waals surface area contributed by atoms with Crippen LogP contribution in [0.25, 0.3) is 33.7 Å². The fourth-order valence-electron chi connectivity index (χ4n) is 2.52. The number of thioether (sulfide) groups is 1. The number of halogens is 1. The monoisotopic (exact) mass is 369 g/mol. The maximum Gasteiger partial charge on any atom is 0.275 e. The zero-order chi connectivity index (χ0) is 17.4. The molecule has 25 heavy (non-hydrogen) atoms. The van der Waals surface area contributed by atoms with Crippen LogP contribution in [-0.2, 0) is 0 Å². The molecule has 3 aromatic heterocycles. The van der Waals surface area contributed by atoms with Crippen molar-refractivity contribution < 1.29 is 0 Å². The van der Waals surface area contributed by atoms with Crippen LogP contribution >= 0.6 is 23.4 Å². The van der Waals surface area contributed by atoms with Gasteiger partial charge in [0, 0.05) is 16.8 Å². The van der Waals surface area contributed by atoms with Crippen LogP contribution in [0.15, 0.2) is 52.4 Å². The Morgan fingerprint density at radius 3 is 2.88 bits per heavy atom. The fourth-order valence-corrected chi connectivity index (χ4v) is 3.10. The highest BCUT2D eigenvalue weighted by Crippen LogP contribution is 2.25. The van der Waals surface area contributed by atoms with Crippen molar-refractivity contribution in [3.8, 4) is 22.6 Å². The van der Waals surface area contributed by atoms with Gasteiger partial charge < -0.3 is 4.98 Å². The summed E-state index contributed by atoms with van der Waals surface area (Å²) < 4.78 is 0. The largest absolute Gasteiger partial charge is 0.338 e. The summed E-state index contributed by atoms with van der Waals surface area (Å²) in [6.45, 7) is 0. The van der Waals surface area contributed by atoms with E-state index in [1.165, 1.54) is 0 Å². The van der Waals surface area contributed by atoms with Crippen molar-refractivity contribution in [1.82, 2.24) is 25.1 Å². The predicted octanol–water partition coefficient (Wildman–Crippen LogP) is 3.75. The molecule has 0 aliphatic heterocycles. The Bertz CT molecular complexity index is 1140. The van der Waals surface area contributed by atoms with Gasteiger partial charge in [-0.25, -0.2) is 15.1 Å². The van der Waals surface area contributed by atoms with E-state index in [0.717, 1.165) is 21.6 Å². The van der Waals surface area contributed by atoms with Gasteiger partial charge in [0.1, 0.15) is 5.82 Å². The summed E-state index contributed by atoms with van der Waals surface area (Å²) in [5.41, 5.74) is 3.13. The molecular formula is C17H12ClN5OS. The average Bonchev–Trinajstić information content (AvgIpc) is 3.05. The van der Waals surface area contributed by atoms with E-state index < -0.39 is 0 Å². The van der Waals surface area contributed by atoms with Gasteiger partial charge >= 0.3 is 0 Å². The lowest BCUT2D eigenvalue weighted by molar-refractivity contribution is 0.990. The van der Waals surface area contributed by atoms with E-state index in [1.807, 2.05) is 24.5 Å². The Hall–Kier alpha value is -2.64. The Morgan fingerprint density at radius 2 is 2.04 bits per heavy atom. The SMILES string of the molecule is CSc1cc(-c2cc(-c3nc4ccc(Cl)cc4[nH]3)c(=O)[nH]n2)ccn1. The number of hydrogen-bond acceptors (Lipinski definition) is 5. The Kier molecular flexibility index (Phi) is 4.03. The standard InChI is InChI=1S/C17H12ClN5OS/c1-25-15-6-9(4-5-19-15)13-8-11(17(24)23-22-13)16-20-12-3-2-10(18)7-14(12)21-16/h2-8H,1H3,(H,20,21)(H,23,24). The van der Waals surface area contributed by atoms with Gasteiger partial charge in [0.25, 0.3) is 5.56 Å². The number of fused-ring (bicyclic) bond motifs is 1. The number of aromatic nitrogens is 5. The molecule has 1 aromatic carbocycles. The third-order valence-corrected chi connectivity index (χ3v) is 4.62. The summed E-state index contributed by atoms with van der Waals surface area (Å²) in [6, 6.07) is 10.8. The van der Waals surface area contributed by atoms with E-state index in [2.05, 4.69) is 25.1 Å². The number of rotatable bonds is 3. The smallest absolute Gasteiger partial charge is 0.275 e. The van der Waals surface area contributed by atoms with E-state index in [9.17, 15) is 4.79 Å². The van der Waals surface area contributed by atoms with Crippen LogP contribution in [0.4, 0.5) is 0 Å². The number of H-pyrrole nitrogens is 2. The number of aromatic amines is 2. The number of nitrogens with one attached hydrogen (secondary N) is 2. The Balaban J connectivity index is 1.85. The second kappa shape index (κ2) is 6.34. The summed E-state index contributed by atoms with van der Waals surface area (Å²) in [4.78, 5) is 24.1. The van der Waals surface area contributed by atoms with Gasteiger partial charge in [0.05, 0.1) is 27.3 Å². The number of benzene rings is 1. The first-order valence-electron chi connectivity index (χ1n) is 7.40. The topological polar surface area (TPSA) is 87.3 Å². The summed E-state index contributed by atoms with van der Waals surface area (Å²) in [7, 11) is 0. The average molecular weight is 370 g/mol. The highest BCUT2D eigenvalue weighted by Gasteiger charge is 2.12. The fraction of sp³-hybridized carbons (Fsp3) is 0.0588. The highest BCUT2D eigenvalue weighted by molar-refractivity contribution is 7.98. The second-order valence-electron chi connectivity index (χ2n) is 5.33. The van der Waals surface area contributed by atoms with Gasteiger partial charge in [0.2, 0.25) is 0 Å². The molecule has 0 atom stereocenters. The zero-order valence-electron chi connectivity index (χ0n) is 13.1. The number of nitrogens with zero attached hydrogens (tertiary/aromatic N) is 3. The number of pyridine rings is 1. The minimum absolute atomic E-state index is 0.312. The lowest BCUT2D eigenvalue weighted by Crippen LogP contribution is -2.12. The first kappa shape index (κ1) is 15.9. The summed E-state index contributed by atoms with van der Waals surface area (Å²) in [5.74, 6) is 0.473. The third kappa shape index (κ3) is 3.04. The quantitative estimate of drug-likeness (QED) is 0.537. The van der Waals surface area contributed by atoms with Crippen LogP contribution in [0.2, 0.25) is 5.02 Å². The van der Waals surface area contributed by atoms with Gasteiger partial charge in [-0.15, -0.1) is 11.8 Å². The molecule has 2 N–H and O–H groups in total. The maximum absolute atomic E-state index is 12.2. The lowest BCUT2D eigenvalue weighted by Gasteiger charge is -2.03. The molecule has 124 valence electrons. The van der Waals surface area contributed by atoms with E-state index in [4.69, 9.17) is 11.6 Å². The number of imidazole rings is 1. The molecule has 0 aliphatic rings. The molecule has 0 radical (unpaired) electrons. The van der Waals surface area contributed by atoms with Gasteiger partial charge in [-0.05, 0) is 42.7 Å². The van der Waals surface area contributed by atoms with Crippen LogP contribution in [0.5, 0.6) is 0 Å². The number of hydrogen-bond donors (Lipinski definition) is 2. The normalized spacial score (nSPS) is 11.1. The lowest BCUT2D eigenvalue weighted by atomic mass is 10.1. The highest BCUT2D eigenvalue weighted by atomic mass is 35.5. The van der Waals surface area contributed by atoms with Gasteiger partial charge in [-0.3, -0.25) is 4.79 Å². The molecule has 0 spiro atoms. The van der Waals surface area contributed by atoms with Crippen LogP contribution in [0.1, 0.15) is 0 Å². The molecule has 4 aromatic rings. The van der Waals surface area contributed by atoms with Crippen LogP contribution in [0.3, 0.4) is 0 Å². The van der Waals surface area contributed by atoms with E-state index in [-0.39, 0.29) is 5.56 Å². The van der Waals surface area contributed by atoms with E-state index in [1.54, 1.807) is 36.2 Å². The molecule has 6 nitrogen and oxygen atoms in total. The predicted molar refractivity (Wildman–Crippen MR) is 100.0 cm³/mol. The minimum Gasteiger partial charge on any atom is -0.338 e. The third-order valence-electron chi connectivity index (χ3n) is 3.74. The first-order valence-corrected chi connectivity index (χ1v) is 9.00. The molecule has 0 saturated heterocycles. The van der Waals surface area contributed by atoms with Crippen molar-refractivity contribution in [3.63, 3.8) is 0 Å². The zero-order valence-corrected chi connectivity index (χ0v) is 14.6. The summed E-state index contributed by atoms with van der Waals surface area (Å²) in [5, 5.41) is 8.17. The van der Waals surface area contributed by atoms with Gasteiger partial charge in [-0.2, -0.15) is 5.10 Å². The first-order chi connectivity index (χ1) is 12.1. The van der Waals surface area contributed by atoms with Crippen LogP contribution < -0.4 is 5.56 Å². The maximum atomic E-state index is 12.2.